The molecule has 6 aromatic carbocycles. The van der Waals surface area contributed by atoms with Gasteiger partial charge in [0.15, 0.2) is 35.8 Å². The summed E-state index contributed by atoms with van der Waals surface area (Å²) < 4.78 is 0. The molecule has 716 valence electrons. The first-order valence-electron chi connectivity index (χ1n) is 43.8. The summed E-state index contributed by atoms with van der Waals surface area (Å²) in [5, 5.41) is 92.9. The molecule has 0 aliphatic heterocycles. The van der Waals surface area contributed by atoms with Gasteiger partial charge in [0.1, 0.15) is 66.5 Å². The van der Waals surface area contributed by atoms with E-state index in [2.05, 4.69) is 90.4 Å². The van der Waals surface area contributed by atoms with Crippen molar-refractivity contribution >= 4 is 107 Å². The Kier molecular flexibility index (Phi) is 46.5. The highest BCUT2D eigenvalue weighted by atomic mass is 16.2. The fraction of sp³-hybridized carbons (Fsp3) is 0.400. The van der Waals surface area contributed by atoms with Crippen molar-refractivity contribution in [2.24, 2.45) is 45.9 Å². The standard InChI is InChI=1S/C90H129N31O12/c91-61(49-55-25-7-1-8-26-55)74(123)117-68(50-56-27-9-2-10-28-56)80(129)115-64(39-21-45-107-87(97)98)76(125)112-66(41-23-47-109-89(101)102)78(127)119-72(54-60-35-17-6-18-36-60)84(133)121-70(52-58-31-13-4-14-32-58)82(131)116-65(40-22-46-108-88(99)100)77(126)113-67(42-24-48-110-90(103)104)79(128)118-71(53-59-33-15-5-16-34-59)83(132)120-69(51-57-29-11-3-12-30-57)81(130)114-63(38-20-44-106-86(95)96)75(124)111-62(73(92)122)37-19-43-105-85(93)94/h1-18,25-36,61-72H,19-24,37-54,91H2,(H2,92,122)(H,111,124)(H,112,125)(H,113,126)(H,114,130)(H,115,129)(H,116,131)(H,117,123)(H,118,128)(H,119,127)(H,120,132)(H,121,133)(H4,93,94,105)(H4,95,96,106)(H4,97,98,107)(H4,99,100,108)(H4,101,102,109)(H4,103,104,110)/t61-,62-,63-,64-,65-,66-,67-,68-,69-,70-,71-,72-/m0/s1. The molecular formula is C90H129N31O12. The van der Waals surface area contributed by atoms with Crippen LogP contribution in [0.5, 0.6) is 0 Å². The van der Waals surface area contributed by atoms with Gasteiger partial charge in [-0.25, -0.2) is 0 Å². The molecule has 0 unspecified atom stereocenters. The number of primary amides is 1. The van der Waals surface area contributed by atoms with E-state index in [9.17, 15) is 24.0 Å². The van der Waals surface area contributed by atoms with Crippen molar-refractivity contribution in [1.82, 2.24) is 90.4 Å². The summed E-state index contributed by atoms with van der Waals surface area (Å²) in [6.07, 6.45) is -1.05. The molecule has 0 heterocycles. The van der Waals surface area contributed by atoms with Gasteiger partial charge in [-0.2, -0.15) is 0 Å². The maximum Gasteiger partial charge on any atom is 0.243 e. The Morgan fingerprint density at radius 3 is 0.519 bits per heavy atom. The number of hydrogen-bond donors (Lipinski definition) is 31. The van der Waals surface area contributed by atoms with E-state index in [0.29, 0.717) is 27.8 Å². The zero-order valence-corrected chi connectivity index (χ0v) is 74.2. The van der Waals surface area contributed by atoms with Crippen LogP contribution < -0.4 is 136 Å². The molecule has 0 spiro atoms. The van der Waals surface area contributed by atoms with E-state index in [1.165, 1.54) is 0 Å². The maximum absolute atomic E-state index is 15.5. The van der Waals surface area contributed by atoms with Crippen LogP contribution in [0.25, 0.3) is 0 Å². The topological polar surface area (TPSA) is 761 Å². The zero-order valence-electron chi connectivity index (χ0n) is 74.2. The Balaban J connectivity index is 1.34. The molecule has 0 aliphatic carbocycles. The molecule has 6 rings (SSSR count). The van der Waals surface area contributed by atoms with Crippen LogP contribution in [0.3, 0.4) is 0 Å². The number of nitrogens with one attached hydrogen (secondary N) is 23. The molecule has 0 saturated carbocycles. The summed E-state index contributed by atoms with van der Waals surface area (Å²) in [4.78, 5) is 178. The second kappa shape index (κ2) is 58.2. The van der Waals surface area contributed by atoms with E-state index in [0.717, 1.165) is 5.56 Å². The molecule has 43 nitrogen and oxygen atoms in total. The lowest BCUT2D eigenvalue weighted by molar-refractivity contribution is -0.136. The number of rotatable bonds is 59. The van der Waals surface area contributed by atoms with Crippen LogP contribution >= 0.6 is 0 Å². The monoisotopic (exact) mass is 1840 g/mol. The fourth-order valence-corrected chi connectivity index (χ4v) is 14.1. The highest BCUT2D eigenvalue weighted by Crippen LogP contribution is 2.16. The molecule has 0 fully saturated rings. The molecule has 6 aromatic rings. The van der Waals surface area contributed by atoms with Crippen LogP contribution in [-0.4, -0.2) is 218 Å². The van der Waals surface area contributed by atoms with Crippen LogP contribution in [0, 0.1) is 32.5 Å². The number of nitrogens with two attached hydrogens (primary N) is 8. The first-order valence-corrected chi connectivity index (χ1v) is 43.8. The van der Waals surface area contributed by atoms with Gasteiger partial charge in [-0.1, -0.05) is 182 Å². The Labute approximate surface area is 772 Å². The number of carbonyl (C=O) groups excluding carboxylic acids is 12. The van der Waals surface area contributed by atoms with E-state index in [1.54, 1.807) is 176 Å². The van der Waals surface area contributed by atoms with E-state index < -0.39 is 161 Å². The third-order valence-corrected chi connectivity index (χ3v) is 20.9. The highest BCUT2D eigenvalue weighted by molar-refractivity contribution is 6.00. The van der Waals surface area contributed by atoms with Crippen LogP contribution in [-0.2, 0) is 96.1 Å². The molecule has 12 amide bonds. The first kappa shape index (κ1) is 106. The number of guanidine groups is 6. The Morgan fingerprint density at radius 2 is 0.346 bits per heavy atom. The Bertz CT molecular complexity index is 4800. The van der Waals surface area contributed by atoms with Gasteiger partial charge in [0.05, 0.1) is 6.04 Å². The van der Waals surface area contributed by atoms with Crippen LogP contribution in [0.4, 0.5) is 0 Å². The molecule has 0 saturated heterocycles. The van der Waals surface area contributed by atoms with Crippen LogP contribution in [0.1, 0.15) is 110 Å². The quantitative estimate of drug-likeness (QED) is 0.00988. The third kappa shape index (κ3) is 42.1. The molecule has 12 atom stereocenters. The molecule has 0 aliphatic rings. The summed E-state index contributed by atoms with van der Waals surface area (Å²) >= 11 is 0. The fourth-order valence-electron chi connectivity index (χ4n) is 14.1. The van der Waals surface area contributed by atoms with Gasteiger partial charge in [0, 0.05) is 71.4 Å². The largest absolute Gasteiger partial charge is 0.370 e. The van der Waals surface area contributed by atoms with E-state index in [4.69, 9.17) is 78.3 Å². The summed E-state index contributed by atoms with van der Waals surface area (Å²) in [6, 6.07) is 34.2. The normalized spacial score (nSPS) is 13.5. The van der Waals surface area contributed by atoms with Crippen molar-refractivity contribution in [1.29, 1.82) is 32.5 Å². The van der Waals surface area contributed by atoms with Gasteiger partial charge in [-0.05, 0) is 117 Å². The molecule has 0 radical (unpaired) electrons. The molecule has 0 aromatic heterocycles. The minimum Gasteiger partial charge on any atom is -0.370 e. The number of hydrogen-bond acceptors (Lipinski definition) is 19. The van der Waals surface area contributed by atoms with E-state index >= 15 is 33.6 Å². The van der Waals surface area contributed by atoms with Gasteiger partial charge in [0.2, 0.25) is 70.9 Å². The Morgan fingerprint density at radius 1 is 0.203 bits per heavy atom. The predicted octanol–water partition coefficient (Wildman–Crippen LogP) is -3.83. The lowest BCUT2D eigenvalue weighted by Crippen LogP contribution is -2.61. The smallest absolute Gasteiger partial charge is 0.243 e. The van der Waals surface area contributed by atoms with Gasteiger partial charge >= 0.3 is 0 Å². The first-order chi connectivity index (χ1) is 63.7. The Hall–Kier alpha value is -15.5. The molecule has 39 N–H and O–H groups in total. The molecular weight excluding hydrogens is 1710 g/mol. The van der Waals surface area contributed by atoms with Crippen LogP contribution in [0.15, 0.2) is 182 Å². The number of amides is 12. The number of carbonyl (C=O) groups is 12. The third-order valence-electron chi connectivity index (χ3n) is 20.9. The summed E-state index contributed by atoms with van der Waals surface area (Å²) in [7, 11) is 0. The van der Waals surface area contributed by atoms with Crippen molar-refractivity contribution in [3.8, 4) is 0 Å². The summed E-state index contributed by atoms with van der Waals surface area (Å²) in [6.45, 7) is 0.275. The summed E-state index contributed by atoms with van der Waals surface area (Å²) in [5.74, 6) is -13.0. The lowest BCUT2D eigenvalue weighted by atomic mass is 10.0. The molecule has 43 heteroatoms. The SMILES string of the molecule is N=C(N)NCCC[C@H](NC(=O)[C@H](CCCNC(=N)N)NC(=O)[C@H](Cc1ccccc1)NC(=O)[C@H](Cc1ccccc1)NC(=O)[C@H](CCCNC(=N)N)NC(=O)[C@H](CCCNC(=N)N)NC(=O)[C@H](Cc1ccccc1)NC(=O)[C@H](Cc1ccccc1)NC(=O)[C@H](CCCNC(=N)N)NC(=O)[C@H](CCCNC(=N)N)NC(=O)[C@H](Cc1ccccc1)NC(=O)[C@@H](N)Cc1ccccc1)C(N)=O. The predicted molar refractivity (Wildman–Crippen MR) is 504 cm³/mol. The molecule has 133 heavy (non-hydrogen) atoms. The zero-order chi connectivity index (χ0) is 97.0. The average Bonchev–Trinajstić information content (AvgIpc) is 0.844. The minimum atomic E-state index is -1.59. The summed E-state index contributed by atoms with van der Waals surface area (Å²) in [5.41, 5.74) is 49.3. The van der Waals surface area contributed by atoms with Crippen molar-refractivity contribution in [2.45, 2.75) is 188 Å². The maximum atomic E-state index is 15.5. The van der Waals surface area contributed by atoms with E-state index in [-0.39, 0.29) is 173 Å². The van der Waals surface area contributed by atoms with Gasteiger partial charge in [0.25, 0.3) is 0 Å². The number of benzene rings is 6. The second-order valence-corrected chi connectivity index (χ2v) is 31.7. The van der Waals surface area contributed by atoms with Crippen molar-refractivity contribution in [3.05, 3.63) is 215 Å². The highest BCUT2D eigenvalue weighted by Gasteiger charge is 2.38. The van der Waals surface area contributed by atoms with Crippen molar-refractivity contribution in [2.75, 3.05) is 39.3 Å². The van der Waals surface area contributed by atoms with Gasteiger partial charge < -0.3 is 136 Å². The van der Waals surface area contributed by atoms with Gasteiger partial charge in [-0.15, -0.1) is 0 Å². The van der Waals surface area contributed by atoms with E-state index in [1.807, 2.05) is 6.07 Å². The van der Waals surface area contributed by atoms with Crippen molar-refractivity contribution < 1.29 is 57.5 Å². The lowest BCUT2D eigenvalue weighted by Gasteiger charge is -2.29. The van der Waals surface area contributed by atoms with Gasteiger partial charge in [-0.3, -0.25) is 90.0 Å². The van der Waals surface area contributed by atoms with Crippen LogP contribution in [0.2, 0.25) is 0 Å². The van der Waals surface area contributed by atoms with Crippen molar-refractivity contribution in [3.63, 3.8) is 0 Å². The average molecular weight is 1840 g/mol. The molecule has 0 bridgehead atoms. The second-order valence-electron chi connectivity index (χ2n) is 31.7. The minimum absolute atomic E-state index is 0.00600.